The average Bonchev–Trinajstić information content (AvgIpc) is 2.99. The van der Waals surface area contributed by atoms with Crippen LogP contribution in [-0.2, 0) is 19.4 Å². The molecule has 4 nitrogen and oxygen atoms in total. The van der Waals surface area contributed by atoms with E-state index in [1.165, 1.54) is 21.2 Å². The van der Waals surface area contributed by atoms with E-state index in [-0.39, 0.29) is 5.56 Å². The third-order valence-electron chi connectivity index (χ3n) is 5.29. The maximum Gasteiger partial charge on any atom is 0.260 e. The first kappa shape index (κ1) is 15.7. The third-order valence-corrected chi connectivity index (χ3v) is 6.44. The Labute approximate surface area is 155 Å². The molecule has 1 atom stereocenters. The topological polar surface area (TPSA) is 49.6 Å². The standard InChI is InChI=1S/C21H19N3OS/c1-13-6-7-16-17(10-13)26-21-19(16)20(25)22-18(23-21)12-24-9-8-14-4-2-3-5-15(14)11-24/h2-5,8-9,11,13H,6-7,10,12H2,1H3/p+1/t13-/m1/s1. The second-order valence-corrected chi connectivity index (χ2v) is 8.37. The first-order valence-corrected chi connectivity index (χ1v) is 9.90. The minimum atomic E-state index is 0.0124. The summed E-state index contributed by atoms with van der Waals surface area (Å²) in [6, 6.07) is 10.4. The number of nitrogens with one attached hydrogen (secondary N) is 1. The predicted molar refractivity (Wildman–Crippen MR) is 105 cm³/mol. The van der Waals surface area contributed by atoms with Gasteiger partial charge in [0.05, 0.1) is 5.39 Å². The molecule has 0 spiro atoms. The second-order valence-electron chi connectivity index (χ2n) is 7.29. The molecule has 3 aromatic heterocycles. The van der Waals surface area contributed by atoms with Gasteiger partial charge in [0.25, 0.3) is 5.56 Å². The lowest BCUT2D eigenvalue weighted by atomic mass is 9.89. The molecule has 1 aromatic carbocycles. The van der Waals surface area contributed by atoms with Crippen molar-refractivity contribution >= 4 is 32.3 Å². The summed E-state index contributed by atoms with van der Waals surface area (Å²) in [6.45, 7) is 2.85. The Kier molecular flexibility index (Phi) is 3.64. The molecule has 26 heavy (non-hydrogen) atoms. The van der Waals surface area contributed by atoms with E-state index in [1.54, 1.807) is 11.3 Å². The Bertz CT molecular complexity index is 1190. The van der Waals surface area contributed by atoms with Crippen LogP contribution in [0.25, 0.3) is 21.0 Å². The van der Waals surface area contributed by atoms with Crippen molar-refractivity contribution in [1.82, 2.24) is 9.97 Å². The largest absolute Gasteiger partial charge is 0.305 e. The normalized spacial score (nSPS) is 16.9. The fraction of sp³-hybridized carbons (Fsp3) is 0.286. The smallest absolute Gasteiger partial charge is 0.260 e. The zero-order valence-electron chi connectivity index (χ0n) is 14.7. The van der Waals surface area contributed by atoms with Gasteiger partial charge in [0.15, 0.2) is 18.2 Å². The molecular formula is C21H20N3OS+. The highest BCUT2D eigenvalue weighted by Crippen LogP contribution is 2.35. The average molecular weight is 362 g/mol. The van der Waals surface area contributed by atoms with Gasteiger partial charge in [-0.15, -0.1) is 11.3 Å². The molecule has 4 aromatic rings. The molecule has 0 unspecified atom stereocenters. The van der Waals surface area contributed by atoms with Crippen molar-refractivity contribution in [3.05, 3.63) is 69.3 Å². The van der Waals surface area contributed by atoms with Gasteiger partial charge in [0.2, 0.25) is 6.54 Å². The van der Waals surface area contributed by atoms with Crippen molar-refractivity contribution in [1.29, 1.82) is 0 Å². The van der Waals surface area contributed by atoms with E-state index >= 15 is 0 Å². The van der Waals surface area contributed by atoms with Gasteiger partial charge in [-0.2, -0.15) is 4.57 Å². The monoisotopic (exact) mass is 362 g/mol. The van der Waals surface area contributed by atoms with Crippen molar-refractivity contribution in [3.8, 4) is 0 Å². The minimum Gasteiger partial charge on any atom is -0.305 e. The second kappa shape index (κ2) is 6.02. The minimum absolute atomic E-state index is 0.0124. The van der Waals surface area contributed by atoms with E-state index in [2.05, 4.69) is 40.9 Å². The van der Waals surface area contributed by atoms with Crippen LogP contribution in [0.5, 0.6) is 0 Å². The number of hydrogen-bond acceptors (Lipinski definition) is 3. The molecule has 1 N–H and O–H groups in total. The summed E-state index contributed by atoms with van der Waals surface area (Å²) in [7, 11) is 0. The van der Waals surface area contributed by atoms with Crippen LogP contribution in [0.4, 0.5) is 0 Å². The summed E-state index contributed by atoms with van der Waals surface area (Å²) in [5, 5.41) is 3.21. The fourth-order valence-electron chi connectivity index (χ4n) is 3.92. The number of rotatable bonds is 2. The fourth-order valence-corrected chi connectivity index (χ4v) is 5.32. The molecule has 0 radical (unpaired) electrons. The van der Waals surface area contributed by atoms with Crippen LogP contribution in [0, 0.1) is 5.92 Å². The van der Waals surface area contributed by atoms with E-state index in [9.17, 15) is 4.79 Å². The molecular weight excluding hydrogens is 342 g/mol. The van der Waals surface area contributed by atoms with Gasteiger partial charge >= 0.3 is 0 Å². The molecule has 0 saturated heterocycles. The molecule has 5 heteroatoms. The lowest BCUT2D eigenvalue weighted by Crippen LogP contribution is -2.35. The summed E-state index contributed by atoms with van der Waals surface area (Å²) in [4.78, 5) is 22.8. The number of hydrogen-bond donors (Lipinski definition) is 1. The van der Waals surface area contributed by atoms with Crippen molar-refractivity contribution in [2.24, 2.45) is 5.92 Å². The van der Waals surface area contributed by atoms with Crippen LogP contribution in [0.15, 0.2) is 47.5 Å². The first-order chi connectivity index (χ1) is 12.7. The number of aryl methyl sites for hydroxylation is 1. The van der Waals surface area contributed by atoms with Gasteiger partial charge in [-0.05, 0) is 42.2 Å². The van der Waals surface area contributed by atoms with E-state index in [0.29, 0.717) is 12.5 Å². The Hall–Kier alpha value is -2.53. The Balaban J connectivity index is 1.55. The summed E-state index contributed by atoms with van der Waals surface area (Å²) in [6.07, 6.45) is 7.37. The summed E-state index contributed by atoms with van der Waals surface area (Å²) < 4.78 is 2.07. The Morgan fingerprint density at radius 1 is 1.27 bits per heavy atom. The van der Waals surface area contributed by atoms with Crippen LogP contribution in [-0.4, -0.2) is 9.97 Å². The van der Waals surface area contributed by atoms with Crippen molar-refractivity contribution in [2.75, 3.05) is 0 Å². The molecule has 0 bridgehead atoms. The predicted octanol–water partition coefficient (Wildman–Crippen LogP) is 3.60. The molecule has 1 aliphatic carbocycles. The zero-order chi connectivity index (χ0) is 17.7. The van der Waals surface area contributed by atoms with Crippen LogP contribution < -0.4 is 10.1 Å². The molecule has 0 amide bonds. The molecule has 130 valence electrons. The number of aromatic amines is 1. The number of nitrogens with zero attached hydrogens (tertiary/aromatic N) is 2. The summed E-state index contributed by atoms with van der Waals surface area (Å²) >= 11 is 1.70. The highest BCUT2D eigenvalue weighted by atomic mass is 32.1. The van der Waals surface area contributed by atoms with E-state index in [1.807, 2.05) is 18.3 Å². The van der Waals surface area contributed by atoms with Crippen molar-refractivity contribution in [2.45, 2.75) is 32.7 Å². The van der Waals surface area contributed by atoms with Crippen LogP contribution in [0.2, 0.25) is 0 Å². The quantitative estimate of drug-likeness (QED) is 0.554. The molecule has 0 aliphatic heterocycles. The van der Waals surface area contributed by atoms with E-state index < -0.39 is 0 Å². The summed E-state index contributed by atoms with van der Waals surface area (Å²) in [5.41, 5.74) is 1.25. The van der Waals surface area contributed by atoms with Crippen LogP contribution >= 0.6 is 11.3 Å². The van der Waals surface area contributed by atoms with Gasteiger partial charge in [0, 0.05) is 16.3 Å². The SMILES string of the molecule is C[C@@H]1CCc2c(sc3nc(C[n+]4ccc5ccccc5c4)[nH]c(=O)c23)C1. The number of H-pyrrole nitrogens is 1. The molecule has 0 saturated carbocycles. The zero-order valence-corrected chi connectivity index (χ0v) is 15.5. The van der Waals surface area contributed by atoms with Gasteiger partial charge in [-0.25, -0.2) is 4.98 Å². The van der Waals surface area contributed by atoms with Gasteiger partial charge in [0.1, 0.15) is 4.83 Å². The number of fused-ring (bicyclic) bond motifs is 4. The molecule has 1 aliphatic rings. The maximum absolute atomic E-state index is 12.7. The molecule has 0 fully saturated rings. The number of pyridine rings is 1. The van der Waals surface area contributed by atoms with Crippen molar-refractivity contribution < 1.29 is 4.57 Å². The Morgan fingerprint density at radius 3 is 3.00 bits per heavy atom. The maximum atomic E-state index is 12.7. The van der Waals surface area contributed by atoms with Crippen LogP contribution in [0.1, 0.15) is 29.6 Å². The van der Waals surface area contributed by atoms with E-state index in [0.717, 1.165) is 35.3 Å². The van der Waals surface area contributed by atoms with Crippen LogP contribution in [0.3, 0.4) is 0 Å². The first-order valence-electron chi connectivity index (χ1n) is 9.08. The summed E-state index contributed by atoms with van der Waals surface area (Å²) in [5.74, 6) is 1.41. The van der Waals surface area contributed by atoms with Crippen molar-refractivity contribution in [3.63, 3.8) is 0 Å². The van der Waals surface area contributed by atoms with Gasteiger partial charge < -0.3 is 4.98 Å². The number of benzene rings is 1. The van der Waals surface area contributed by atoms with E-state index in [4.69, 9.17) is 4.98 Å². The van der Waals surface area contributed by atoms with Gasteiger partial charge in [-0.1, -0.05) is 25.1 Å². The number of aromatic nitrogens is 3. The number of thiophene rings is 1. The molecule has 5 rings (SSSR count). The lowest BCUT2D eigenvalue weighted by molar-refractivity contribution is -0.688. The highest BCUT2D eigenvalue weighted by molar-refractivity contribution is 7.18. The van der Waals surface area contributed by atoms with Gasteiger partial charge in [-0.3, -0.25) is 4.79 Å². The molecule has 3 heterocycles. The Morgan fingerprint density at radius 2 is 2.12 bits per heavy atom. The lowest BCUT2D eigenvalue weighted by Gasteiger charge is -2.17. The third kappa shape index (κ3) is 2.63. The highest BCUT2D eigenvalue weighted by Gasteiger charge is 2.23.